The van der Waals surface area contributed by atoms with E-state index in [1.165, 1.54) is 6.42 Å². The summed E-state index contributed by atoms with van der Waals surface area (Å²) < 4.78 is 0. The number of nitrogens with zero attached hydrogens (tertiary/aromatic N) is 1. The smallest absolute Gasteiger partial charge is 0.322 e. The molecule has 0 unspecified atom stereocenters. The van der Waals surface area contributed by atoms with Crippen molar-refractivity contribution in [3.63, 3.8) is 0 Å². The minimum atomic E-state index is -0.882. The second-order valence-electron chi connectivity index (χ2n) is 6.47. The van der Waals surface area contributed by atoms with Crippen LogP contribution in [0.25, 0.3) is 0 Å². The quantitative estimate of drug-likeness (QED) is 0.691. The summed E-state index contributed by atoms with van der Waals surface area (Å²) >= 11 is 0. The largest absolute Gasteiger partial charge is 0.339 e. The molecular formula is C14H21N3O3. The molecule has 0 aromatic rings. The number of likely N-dealkylation sites (tertiary alicyclic amines) is 1. The number of hydrogen-bond donors (Lipinski definition) is 2. The van der Waals surface area contributed by atoms with Gasteiger partial charge in [-0.2, -0.15) is 0 Å². The molecule has 0 bridgehead atoms. The third-order valence-electron chi connectivity index (χ3n) is 4.88. The number of hydrogen-bond acceptors (Lipinski definition) is 3. The first-order chi connectivity index (χ1) is 9.50. The molecule has 3 fully saturated rings. The zero-order valence-electron chi connectivity index (χ0n) is 11.8. The highest BCUT2D eigenvalue weighted by Crippen LogP contribution is 2.32. The topological polar surface area (TPSA) is 78.5 Å². The van der Waals surface area contributed by atoms with E-state index in [9.17, 15) is 14.4 Å². The van der Waals surface area contributed by atoms with E-state index in [2.05, 4.69) is 17.6 Å². The van der Waals surface area contributed by atoms with Gasteiger partial charge in [-0.25, -0.2) is 4.79 Å². The third-order valence-corrected chi connectivity index (χ3v) is 4.88. The highest BCUT2D eigenvalue weighted by Gasteiger charge is 2.52. The molecule has 1 saturated carbocycles. The minimum absolute atomic E-state index is 0.0917. The molecule has 2 heterocycles. The van der Waals surface area contributed by atoms with E-state index in [1.54, 1.807) is 4.90 Å². The van der Waals surface area contributed by atoms with E-state index in [0.717, 1.165) is 19.3 Å². The van der Waals surface area contributed by atoms with Gasteiger partial charge in [0.2, 0.25) is 5.91 Å². The van der Waals surface area contributed by atoms with Crippen LogP contribution in [0.15, 0.2) is 0 Å². The van der Waals surface area contributed by atoms with Crippen LogP contribution in [0.3, 0.4) is 0 Å². The van der Waals surface area contributed by atoms with Crippen molar-refractivity contribution in [2.24, 2.45) is 11.8 Å². The fourth-order valence-electron chi connectivity index (χ4n) is 3.73. The van der Waals surface area contributed by atoms with E-state index in [4.69, 9.17) is 0 Å². The fourth-order valence-corrected chi connectivity index (χ4v) is 3.73. The zero-order valence-corrected chi connectivity index (χ0v) is 11.8. The first-order valence-electron chi connectivity index (χ1n) is 7.42. The first-order valence-corrected chi connectivity index (χ1v) is 7.42. The normalized spacial score (nSPS) is 37.1. The van der Waals surface area contributed by atoms with Gasteiger partial charge in [0.15, 0.2) is 0 Å². The summed E-state index contributed by atoms with van der Waals surface area (Å²) in [5, 5.41) is 4.95. The van der Waals surface area contributed by atoms with Crippen molar-refractivity contribution in [2.75, 3.05) is 13.1 Å². The average Bonchev–Trinajstić information content (AvgIpc) is 2.94. The molecule has 1 aliphatic carbocycles. The van der Waals surface area contributed by atoms with Crippen molar-refractivity contribution >= 4 is 17.8 Å². The van der Waals surface area contributed by atoms with Crippen molar-refractivity contribution in [3.05, 3.63) is 0 Å². The van der Waals surface area contributed by atoms with Gasteiger partial charge in [-0.15, -0.1) is 0 Å². The summed E-state index contributed by atoms with van der Waals surface area (Å²) in [7, 11) is 0. The monoisotopic (exact) mass is 279 g/mol. The number of urea groups is 1. The highest BCUT2D eigenvalue weighted by atomic mass is 16.2. The van der Waals surface area contributed by atoms with Crippen LogP contribution in [0.4, 0.5) is 4.79 Å². The Bertz CT molecular complexity index is 465. The summed E-state index contributed by atoms with van der Waals surface area (Å²) in [4.78, 5) is 37.5. The van der Waals surface area contributed by atoms with E-state index in [-0.39, 0.29) is 17.7 Å². The summed E-state index contributed by atoms with van der Waals surface area (Å²) in [6.45, 7) is 3.06. The lowest BCUT2D eigenvalue weighted by Crippen LogP contribution is -2.50. The van der Waals surface area contributed by atoms with Crippen molar-refractivity contribution in [1.82, 2.24) is 15.5 Å². The predicted octanol–water partition coefficient (Wildman–Crippen LogP) is 0.623. The Morgan fingerprint density at radius 1 is 1.35 bits per heavy atom. The Balaban J connectivity index is 1.66. The van der Waals surface area contributed by atoms with Gasteiger partial charge in [-0.3, -0.25) is 14.9 Å². The number of amides is 4. The number of rotatable bonds is 1. The van der Waals surface area contributed by atoms with E-state index >= 15 is 0 Å². The molecule has 3 rings (SSSR count). The van der Waals surface area contributed by atoms with Gasteiger partial charge >= 0.3 is 6.03 Å². The molecule has 0 aromatic carbocycles. The molecular weight excluding hydrogens is 258 g/mol. The van der Waals surface area contributed by atoms with Gasteiger partial charge in [-0.05, 0) is 25.2 Å². The van der Waals surface area contributed by atoms with Gasteiger partial charge in [0.05, 0.1) is 6.54 Å². The van der Waals surface area contributed by atoms with Gasteiger partial charge < -0.3 is 10.2 Å². The van der Waals surface area contributed by atoms with Crippen LogP contribution in [0.5, 0.6) is 0 Å². The fraction of sp³-hybridized carbons (Fsp3) is 0.786. The maximum atomic E-state index is 12.6. The molecule has 1 spiro atoms. The van der Waals surface area contributed by atoms with Crippen molar-refractivity contribution in [2.45, 2.75) is 44.6 Å². The Labute approximate surface area is 118 Å². The molecule has 3 aliphatic rings. The Morgan fingerprint density at radius 3 is 2.80 bits per heavy atom. The predicted molar refractivity (Wildman–Crippen MR) is 71.7 cm³/mol. The van der Waals surface area contributed by atoms with Gasteiger partial charge in [0.1, 0.15) is 5.54 Å². The molecule has 20 heavy (non-hydrogen) atoms. The van der Waals surface area contributed by atoms with E-state index < -0.39 is 11.6 Å². The number of carbonyl (C=O) groups is 3. The molecule has 110 valence electrons. The van der Waals surface area contributed by atoms with Gasteiger partial charge in [0, 0.05) is 12.5 Å². The summed E-state index contributed by atoms with van der Waals surface area (Å²) in [5.41, 5.74) is -0.882. The van der Waals surface area contributed by atoms with Gasteiger partial charge in [0.25, 0.3) is 5.91 Å². The van der Waals surface area contributed by atoms with Crippen molar-refractivity contribution < 1.29 is 14.4 Å². The zero-order chi connectivity index (χ0) is 14.3. The first kappa shape index (κ1) is 13.4. The van der Waals surface area contributed by atoms with Crippen LogP contribution in [0.2, 0.25) is 0 Å². The molecule has 2 aliphatic heterocycles. The van der Waals surface area contributed by atoms with Crippen LogP contribution in [0.1, 0.15) is 39.0 Å². The number of carbonyl (C=O) groups excluding carboxylic acids is 3. The van der Waals surface area contributed by atoms with Crippen molar-refractivity contribution in [3.8, 4) is 0 Å². The Morgan fingerprint density at radius 2 is 2.15 bits per heavy atom. The number of nitrogens with one attached hydrogen (secondary N) is 2. The Hall–Kier alpha value is -1.59. The SMILES string of the molecule is C[C@@H]1CCC[C@H](C(=O)N2CC[C@]3(C2)NC(=O)NC3=O)C1. The number of imide groups is 1. The summed E-state index contributed by atoms with van der Waals surface area (Å²) in [6.07, 6.45) is 4.71. The maximum absolute atomic E-state index is 12.6. The molecule has 0 aromatic heterocycles. The minimum Gasteiger partial charge on any atom is -0.339 e. The molecule has 3 atom stereocenters. The standard InChI is InChI=1S/C14H21N3O3/c1-9-3-2-4-10(7-9)11(18)17-6-5-14(8-17)12(19)15-13(20)16-14/h9-10H,2-8H2,1H3,(H2,15,16,19,20)/t9-,10+,14-/m1/s1. The lowest BCUT2D eigenvalue weighted by Gasteiger charge is -2.30. The molecule has 2 saturated heterocycles. The molecule has 6 heteroatoms. The second-order valence-corrected chi connectivity index (χ2v) is 6.47. The molecule has 0 radical (unpaired) electrons. The van der Waals surface area contributed by atoms with Crippen LogP contribution in [-0.2, 0) is 9.59 Å². The van der Waals surface area contributed by atoms with Crippen LogP contribution in [-0.4, -0.2) is 41.4 Å². The molecule has 2 N–H and O–H groups in total. The highest BCUT2D eigenvalue weighted by molar-refractivity contribution is 6.07. The maximum Gasteiger partial charge on any atom is 0.322 e. The average molecular weight is 279 g/mol. The van der Waals surface area contributed by atoms with E-state index in [0.29, 0.717) is 25.4 Å². The van der Waals surface area contributed by atoms with Crippen LogP contribution in [0, 0.1) is 11.8 Å². The second kappa shape index (κ2) is 4.75. The third kappa shape index (κ3) is 2.17. The van der Waals surface area contributed by atoms with Crippen molar-refractivity contribution in [1.29, 1.82) is 0 Å². The van der Waals surface area contributed by atoms with Crippen LogP contribution < -0.4 is 10.6 Å². The molecule has 4 amide bonds. The van der Waals surface area contributed by atoms with E-state index in [1.807, 2.05) is 0 Å². The summed E-state index contributed by atoms with van der Waals surface area (Å²) in [6, 6.07) is -0.449. The summed E-state index contributed by atoms with van der Waals surface area (Å²) in [5.74, 6) is 0.551. The van der Waals surface area contributed by atoms with Crippen LogP contribution >= 0.6 is 0 Å². The lowest BCUT2D eigenvalue weighted by atomic mass is 9.82. The Kier molecular flexibility index (Phi) is 3.18. The lowest BCUT2D eigenvalue weighted by molar-refractivity contribution is -0.136. The van der Waals surface area contributed by atoms with Gasteiger partial charge in [-0.1, -0.05) is 19.8 Å². The molecule has 6 nitrogen and oxygen atoms in total.